The standard InChI is InChI=1S/C80H141NO13/c1-3-5-7-9-11-13-15-17-19-21-23-25-27-29-31-32-33-34-35-36-38-40-42-44-46-48-50-52-54-56-58-60-62-64-72(85)81-68(67-91-79-77(90)75(88)78(71(66-83)93-79)94-80-76(89)74(87)73(86)70(65-82)92-80)69(84)63-61-59-57-55-53-51-49-47-45-43-41-39-37-30-28-26-24-22-20-18-16-14-12-10-8-6-4-2/h5,7,11,13,17,19,23,25,29,31,33-34,53,55,61,63,68-71,73-80,82-84,86-90H,3-4,6,8-10,12,14-16,18,20-22,24,26-28,30,32,35-52,54,56-60,62,64-67H2,1-2H3,(H,81,85)/b7-5-,13-11-,19-17-,25-23-,31-29-,34-33-,55-53+,63-61+. The summed E-state index contributed by atoms with van der Waals surface area (Å²) in [7, 11) is 0. The summed E-state index contributed by atoms with van der Waals surface area (Å²) in [6.45, 7) is 2.70. The number of aliphatic hydroxyl groups excluding tert-OH is 8. The highest BCUT2D eigenvalue weighted by Gasteiger charge is 2.51. The van der Waals surface area contributed by atoms with Crippen LogP contribution in [0.1, 0.15) is 309 Å². The van der Waals surface area contributed by atoms with E-state index in [1.165, 1.54) is 205 Å². The van der Waals surface area contributed by atoms with Gasteiger partial charge >= 0.3 is 0 Å². The molecular formula is C80H141NO13. The number of nitrogens with one attached hydrogen (secondary N) is 1. The van der Waals surface area contributed by atoms with E-state index in [4.69, 9.17) is 18.9 Å². The van der Waals surface area contributed by atoms with Crippen molar-refractivity contribution in [3.63, 3.8) is 0 Å². The predicted molar refractivity (Wildman–Crippen MR) is 387 cm³/mol. The maximum atomic E-state index is 13.4. The first-order valence-electron chi connectivity index (χ1n) is 38.5. The molecular weight excluding hydrogens is 1180 g/mol. The molecule has 2 fully saturated rings. The summed E-state index contributed by atoms with van der Waals surface area (Å²) in [6.07, 6.45) is 73.3. The number of aliphatic hydroxyl groups is 8. The van der Waals surface area contributed by atoms with Gasteiger partial charge in [0.05, 0.1) is 32.0 Å². The molecule has 2 heterocycles. The lowest BCUT2D eigenvalue weighted by Crippen LogP contribution is -2.65. The van der Waals surface area contributed by atoms with E-state index in [0.29, 0.717) is 12.8 Å². The molecule has 0 aromatic rings. The summed E-state index contributed by atoms with van der Waals surface area (Å²) >= 11 is 0. The number of carbonyl (C=O) groups excluding carboxylic acids is 1. The third kappa shape index (κ3) is 46.2. The lowest BCUT2D eigenvalue weighted by molar-refractivity contribution is -0.359. The van der Waals surface area contributed by atoms with Crippen LogP contribution in [0.25, 0.3) is 0 Å². The minimum atomic E-state index is -1.80. The number of carbonyl (C=O) groups is 1. The van der Waals surface area contributed by atoms with Gasteiger partial charge in [0, 0.05) is 6.42 Å². The van der Waals surface area contributed by atoms with Gasteiger partial charge in [-0.3, -0.25) is 4.79 Å². The van der Waals surface area contributed by atoms with Gasteiger partial charge in [-0.05, 0) is 83.5 Å². The molecule has 0 aliphatic carbocycles. The molecule has 0 bridgehead atoms. The maximum Gasteiger partial charge on any atom is 0.220 e. The highest BCUT2D eigenvalue weighted by Crippen LogP contribution is 2.30. The van der Waals surface area contributed by atoms with Gasteiger partial charge in [0.25, 0.3) is 0 Å². The summed E-state index contributed by atoms with van der Waals surface area (Å²) in [5.41, 5.74) is 0. The van der Waals surface area contributed by atoms with Crippen molar-refractivity contribution >= 4 is 5.91 Å². The fourth-order valence-electron chi connectivity index (χ4n) is 12.2. The number of hydrogen-bond acceptors (Lipinski definition) is 13. The highest BCUT2D eigenvalue weighted by molar-refractivity contribution is 5.76. The summed E-state index contributed by atoms with van der Waals surface area (Å²) < 4.78 is 22.9. The summed E-state index contributed by atoms with van der Waals surface area (Å²) in [5.74, 6) is -0.250. The van der Waals surface area contributed by atoms with Crippen molar-refractivity contribution in [2.24, 2.45) is 0 Å². The molecule has 1 amide bonds. The highest BCUT2D eigenvalue weighted by atomic mass is 16.7. The molecule has 2 aliphatic rings. The van der Waals surface area contributed by atoms with E-state index in [2.05, 4.69) is 104 Å². The fourth-order valence-corrected chi connectivity index (χ4v) is 12.2. The SMILES string of the molecule is CC/C=C\C/C=C\C/C=C\C/C=C\C/C=C\C/C=C\CCCCCCCCCCCCCCCCC(=O)NC(COC1OC(CO)C(OC2OC(CO)C(O)C(O)C2O)C(O)C1O)C(O)/C=C/CC/C=C/CCCCCCCCCCCCCCCCCCCCCCC. The summed E-state index contributed by atoms with van der Waals surface area (Å²) in [4.78, 5) is 13.4. The fraction of sp³-hybridized carbons (Fsp3) is 0.787. The van der Waals surface area contributed by atoms with Crippen molar-refractivity contribution in [1.82, 2.24) is 5.32 Å². The van der Waals surface area contributed by atoms with Crippen LogP contribution in [-0.4, -0.2) is 140 Å². The Balaban J connectivity index is 1.65. The number of allylic oxidation sites excluding steroid dienone is 15. The zero-order chi connectivity index (χ0) is 68.0. The van der Waals surface area contributed by atoms with E-state index in [9.17, 15) is 45.6 Å². The van der Waals surface area contributed by atoms with Gasteiger partial charge in [0.2, 0.25) is 5.91 Å². The van der Waals surface area contributed by atoms with Gasteiger partial charge in [0.1, 0.15) is 48.8 Å². The first kappa shape index (κ1) is 87.0. The van der Waals surface area contributed by atoms with Crippen molar-refractivity contribution in [2.45, 2.75) is 383 Å². The van der Waals surface area contributed by atoms with E-state index in [-0.39, 0.29) is 18.9 Å². The first-order valence-corrected chi connectivity index (χ1v) is 38.5. The molecule has 2 aliphatic heterocycles. The van der Waals surface area contributed by atoms with Crippen molar-refractivity contribution in [2.75, 3.05) is 19.8 Å². The Kier molecular flexibility index (Phi) is 58.6. The Morgan fingerprint density at radius 1 is 0.394 bits per heavy atom. The molecule has 94 heavy (non-hydrogen) atoms. The zero-order valence-corrected chi connectivity index (χ0v) is 59.4. The van der Waals surface area contributed by atoms with Crippen LogP contribution in [0.2, 0.25) is 0 Å². The van der Waals surface area contributed by atoms with Crippen LogP contribution < -0.4 is 5.32 Å². The van der Waals surface area contributed by atoms with Gasteiger partial charge < -0.3 is 65.1 Å². The Bertz CT molecular complexity index is 1950. The maximum absolute atomic E-state index is 13.4. The van der Waals surface area contributed by atoms with Gasteiger partial charge in [-0.2, -0.15) is 0 Å². The van der Waals surface area contributed by atoms with E-state index in [1.807, 2.05) is 6.08 Å². The number of unbranched alkanes of at least 4 members (excludes halogenated alkanes) is 36. The van der Waals surface area contributed by atoms with Crippen LogP contribution in [0.3, 0.4) is 0 Å². The Hall–Kier alpha value is -3.09. The molecule has 9 N–H and O–H groups in total. The van der Waals surface area contributed by atoms with Crippen LogP contribution in [0.5, 0.6) is 0 Å². The summed E-state index contributed by atoms with van der Waals surface area (Å²) in [5, 5.41) is 87.6. The molecule has 0 spiro atoms. The molecule has 2 saturated heterocycles. The molecule has 14 heteroatoms. The van der Waals surface area contributed by atoms with Crippen molar-refractivity contribution < 1.29 is 64.6 Å². The second-order valence-corrected chi connectivity index (χ2v) is 26.7. The average Bonchev–Trinajstić information content (AvgIpc) is 0.794. The van der Waals surface area contributed by atoms with Crippen LogP contribution in [0.15, 0.2) is 97.2 Å². The van der Waals surface area contributed by atoms with E-state index in [1.54, 1.807) is 6.08 Å². The second kappa shape index (κ2) is 63.4. The molecule has 0 aromatic heterocycles. The Labute approximate surface area is 573 Å². The third-order valence-corrected chi connectivity index (χ3v) is 18.3. The van der Waals surface area contributed by atoms with Crippen LogP contribution >= 0.6 is 0 Å². The number of ether oxygens (including phenoxy) is 4. The van der Waals surface area contributed by atoms with Crippen molar-refractivity contribution in [1.29, 1.82) is 0 Å². The average molecular weight is 1330 g/mol. The van der Waals surface area contributed by atoms with Gasteiger partial charge in [-0.25, -0.2) is 0 Å². The van der Waals surface area contributed by atoms with Crippen LogP contribution in [0, 0.1) is 0 Å². The van der Waals surface area contributed by atoms with E-state index in [0.717, 1.165) is 70.6 Å². The quantitative estimate of drug-likeness (QED) is 0.0204. The number of hydrogen-bond donors (Lipinski definition) is 9. The Morgan fingerprint density at radius 3 is 1.17 bits per heavy atom. The largest absolute Gasteiger partial charge is 0.394 e. The van der Waals surface area contributed by atoms with Gasteiger partial charge in [0.15, 0.2) is 12.6 Å². The molecule has 0 aromatic carbocycles. The Morgan fingerprint density at radius 2 is 0.745 bits per heavy atom. The molecule has 2 rings (SSSR count). The number of rotatable bonds is 63. The second-order valence-electron chi connectivity index (χ2n) is 26.7. The monoisotopic (exact) mass is 1320 g/mol. The molecule has 12 unspecified atom stereocenters. The predicted octanol–water partition coefficient (Wildman–Crippen LogP) is 16.9. The lowest BCUT2D eigenvalue weighted by Gasteiger charge is -2.46. The van der Waals surface area contributed by atoms with Gasteiger partial charge in [-0.1, -0.05) is 317 Å². The van der Waals surface area contributed by atoms with Crippen LogP contribution in [0.4, 0.5) is 0 Å². The lowest BCUT2D eigenvalue weighted by atomic mass is 9.97. The van der Waals surface area contributed by atoms with E-state index >= 15 is 0 Å². The van der Waals surface area contributed by atoms with E-state index < -0.39 is 86.8 Å². The number of amides is 1. The molecule has 0 radical (unpaired) electrons. The normalized spacial score (nSPS) is 23.0. The van der Waals surface area contributed by atoms with Crippen LogP contribution in [-0.2, 0) is 23.7 Å². The summed E-state index contributed by atoms with van der Waals surface area (Å²) in [6, 6.07) is -0.939. The molecule has 544 valence electrons. The van der Waals surface area contributed by atoms with Crippen molar-refractivity contribution in [3.8, 4) is 0 Å². The minimum Gasteiger partial charge on any atom is -0.394 e. The molecule has 14 nitrogen and oxygen atoms in total. The molecule has 0 saturated carbocycles. The topological polar surface area (TPSA) is 228 Å². The van der Waals surface area contributed by atoms with Gasteiger partial charge in [-0.15, -0.1) is 0 Å². The third-order valence-electron chi connectivity index (χ3n) is 18.3. The first-order chi connectivity index (χ1) is 46.1. The van der Waals surface area contributed by atoms with Crippen molar-refractivity contribution in [3.05, 3.63) is 97.2 Å². The zero-order valence-electron chi connectivity index (χ0n) is 59.4. The minimum absolute atomic E-state index is 0.250. The molecule has 12 atom stereocenters. The smallest absolute Gasteiger partial charge is 0.220 e.